The Labute approximate surface area is 262 Å². The van der Waals surface area contributed by atoms with Crippen molar-refractivity contribution in [3.05, 3.63) is 76.8 Å². The molecule has 0 bridgehead atoms. The normalized spacial score (nSPS) is 11.4. The molecule has 1 amide bonds. The van der Waals surface area contributed by atoms with Crippen LogP contribution in [-0.4, -0.2) is 39.8 Å². The zero-order valence-electron chi connectivity index (χ0n) is 27.0. The van der Waals surface area contributed by atoms with Gasteiger partial charge in [0.1, 0.15) is 17.6 Å². The van der Waals surface area contributed by atoms with Gasteiger partial charge in [-0.05, 0) is 50.5 Å². The summed E-state index contributed by atoms with van der Waals surface area (Å²) in [7, 11) is 0. The number of ether oxygens (including phenoxy) is 1. The number of benzene rings is 2. The fourth-order valence-electron chi connectivity index (χ4n) is 4.55. The van der Waals surface area contributed by atoms with Crippen LogP contribution in [0.4, 0.5) is 5.69 Å². The highest BCUT2D eigenvalue weighted by molar-refractivity contribution is 8.00. The van der Waals surface area contributed by atoms with Gasteiger partial charge in [-0.25, -0.2) is 4.98 Å². The maximum Gasteiger partial charge on any atom is 0.319 e. The first-order chi connectivity index (χ1) is 20.7. The molecule has 0 aliphatic carbocycles. The number of amides is 1. The van der Waals surface area contributed by atoms with Crippen LogP contribution in [0.5, 0.6) is 0 Å². The first-order valence-electron chi connectivity index (χ1n) is 15.6. The summed E-state index contributed by atoms with van der Waals surface area (Å²) in [5, 5.41) is -0.282. The Hall–Kier alpha value is -3.39. The standard InChI is InChI=1S/C30H37N3O4S.C5H12/c1-6-27-31-25(22-12-10-9-11-13-22)19-28(34)33(27)20-29(35)32(7-2)23-14-16-24(17-15-23)38-26(18-21(4)5)30(36)37-8-3;1-3-5-4-2/h9-17,19,21,26H,6-8,18,20H2,1-5H3;3-5H2,1-2H3. The van der Waals surface area contributed by atoms with Gasteiger partial charge in [0.2, 0.25) is 5.91 Å². The molecular formula is C35H49N3O4S. The summed E-state index contributed by atoms with van der Waals surface area (Å²) in [5.41, 5.74) is 1.96. The number of aryl methyl sites for hydroxylation is 1. The van der Waals surface area contributed by atoms with Gasteiger partial charge in [0.25, 0.3) is 5.56 Å². The van der Waals surface area contributed by atoms with E-state index < -0.39 is 0 Å². The molecule has 1 aromatic heterocycles. The molecule has 7 nitrogen and oxygen atoms in total. The van der Waals surface area contributed by atoms with Crippen molar-refractivity contribution in [3.8, 4) is 11.3 Å². The lowest BCUT2D eigenvalue weighted by atomic mass is 10.1. The van der Waals surface area contributed by atoms with Crippen molar-refractivity contribution in [2.24, 2.45) is 5.92 Å². The number of thioether (sulfide) groups is 1. The van der Waals surface area contributed by atoms with Crippen molar-refractivity contribution >= 4 is 29.3 Å². The number of anilines is 1. The van der Waals surface area contributed by atoms with Crippen molar-refractivity contribution in [3.63, 3.8) is 0 Å². The molecule has 1 unspecified atom stereocenters. The smallest absolute Gasteiger partial charge is 0.319 e. The van der Waals surface area contributed by atoms with Crippen molar-refractivity contribution in [2.45, 2.75) is 97.3 Å². The molecule has 0 saturated heterocycles. The second kappa shape index (κ2) is 19.0. The fourth-order valence-corrected chi connectivity index (χ4v) is 5.82. The lowest BCUT2D eigenvalue weighted by molar-refractivity contribution is -0.142. The second-order valence-electron chi connectivity index (χ2n) is 10.7. The van der Waals surface area contributed by atoms with E-state index in [1.165, 1.54) is 41.7 Å². The summed E-state index contributed by atoms with van der Waals surface area (Å²) >= 11 is 1.48. The van der Waals surface area contributed by atoms with E-state index in [9.17, 15) is 14.4 Å². The fraction of sp³-hybridized carbons (Fsp3) is 0.486. The molecule has 1 heterocycles. The number of hydrogen-bond acceptors (Lipinski definition) is 6. The lowest BCUT2D eigenvalue weighted by Gasteiger charge is -2.23. The molecule has 1 atom stereocenters. The predicted octanol–water partition coefficient (Wildman–Crippen LogP) is 7.79. The molecule has 2 aromatic carbocycles. The minimum Gasteiger partial charge on any atom is -0.465 e. The number of carbonyl (C=O) groups excluding carboxylic acids is 2. The number of carbonyl (C=O) groups is 2. The van der Waals surface area contributed by atoms with Crippen LogP contribution in [0.1, 0.15) is 80.0 Å². The summed E-state index contributed by atoms with van der Waals surface area (Å²) in [6.07, 6.45) is 5.32. The predicted molar refractivity (Wildman–Crippen MR) is 179 cm³/mol. The molecule has 3 aromatic rings. The van der Waals surface area contributed by atoms with Gasteiger partial charge in [-0.2, -0.15) is 0 Å². The van der Waals surface area contributed by atoms with Crippen LogP contribution in [-0.2, 0) is 27.3 Å². The Bertz CT molecular complexity index is 1320. The molecule has 0 fully saturated rings. The maximum atomic E-state index is 13.3. The summed E-state index contributed by atoms with van der Waals surface area (Å²) < 4.78 is 6.72. The molecule has 0 aliphatic rings. The van der Waals surface area contributed by atoms with Crippen molar-refractivity contribution < 1.29 is 14.3 Å². The van der Waals surface area contributed by atoms with Crippen molar-refractivity contribution in [1.29, 1.82) is 0 Å². The van der Waals surface area contributed by atoms with Gasteiger partial charge in [-0.3, -0.25) is 19.0 Å². The van der Waals surface area contributed by atoms with E-state index in [1.807, 2.05) is 75.4 Å². The van der Waals surface area contributed by atoms with Crippen LogP contribution >= 0.6 is 11.8 Å². The first kappa shape index (κ1) is 35.8. The maximum absolute atomic E-state index is 13.3. The molecular weight excluding hydrogens is 558 g/mol. The van der Waals surface area contributed by atoms with Crippen LogP contribution in [0.3, 0.4) is 0 Å². The number of nitrogens with zero attached hydrogens (tertiary/aromatic N) is 3. The number of hydrogen-bond donors (Lipinski definition) is 0. The van der Waals surface area contributed by atoms with Gasteiger partial charge in [-0.15, -0.1) is 11.8 Å². The SMILES string of the molecule is CCCCC.CCOC(=O)C(CC(C)C)Sc1ccc(N(CC)C(=O)Cn2c(CC)nc(-c3ccccc3)cc2=O)cc1. The summed E-state index contributed by atoms with van der Waals surface area (Å²) in [6, 6.07) is 18.6. The van der Waals surface area contributed by atoms with E-state index in [2.05, 4.69) is 32.7 Å². The summed E-state index contributed by atoms with van der Waals surface area (Å²) in [6.45, 7) is 15.0. The van der Waals surface area contributed by atoms with Crippen LogP contribution in [0.2, 0.25) is 0 Å². The number of aromatic nitrogens is 2. The van der Waals surface area contributed by atoms with E-state index in [1.54, 1.807) is 4.90 Å². The molecule has 0 aliphatic heterocycles. The van der Waals surface area contributed by atoms with E-state index in [0.29, 0.717) is 37.0 Å². The zero-order chi connectivity index (χ0) is 31.8. The topological polar surface area (TPSA) is 81.5 Å². The molecule has 0 N–H and O–H groups in total. The summed E-state index contributed by atoms with van der Waals surface area (Å²) in [5.74, 6) is 0.535. The largest absolute Gasteiger partial charge is 0.465 e. The third-order valence-electron chi connectivity index (χ3n) is 6.75. The molecule has 0 saturated carbocycles. The van der Waals surface area contributed by atoms with Gasteiger partial charge >= 0.3 is 5.97 Å². The highest BCUT2D eigenvalue weighted by Crippen LogP contribution is 2.30. The summed E-state index contributed by atoms with van der Waals surface area (Å²) in [4.78, 5) is 46.0. The van der Waals surface area contributed by atoms with Crippen LogP contribution < -0.4 is 10.5 Å². The van der Waals surface area contributed by atoms with E-state index >= 15 is 0 Å². The first-order valence-corrected chi connectivity index (χ1v) is 16.5. The highest BCUT2D eigenvalue weighted by Gasteiger charge is 2.23. The van der Waals surface area contributed by atoms with Gasteiger partial charge in [0, 0.05) is 35.2 Å². The third-order valence-corrected chi connectivity index (χ3v) is 7.97. The van der Waals surface area contributed by atoms with Crippen LogP contribution in [0, 0.1) is 5.92 Å². The molecule has 43 heavy (non-hydrogen) atoms. The molecule has 0 spiro atoms. The van der Waals surface area contributed by atoms with Gasteiger partial charge in [-0.1, -0.05) is 84.2 Å². The number of rotatable bonds is 14. The average molecular weight is 608 g/mol. The Morgan fingerprint density at radius 1 is 0.953 bits per heavy atom. The number of esters is 1. The molecule has 3 rings (SSSR count). The Kier molecular flexibility index (Phi) is 15.8. The van der Waals surface area contributed by atoms with Crippen LogP contribution in [0.15, 0.2) is 70.4 Å². The Morgan fingerprint density at radius 2 is 1.60 bits per heavy atom. The van der Waals surface area contributed by atoms with Crippen LogP contribution in [0.25, 0.3) is 11.3 Å². The Balaban J connectivity index is 0.00000119. The molecule has 0 radical (unpaired) electrons. The van der Waals surface area contributed by atoms with Gasteiger partial charge in [0.05, 0.1) is 12.3 Å². The van der Waals surface area contributed by atoms with E-state index in [0.717, 1.165) is 22.6 Å². The number of unbranched alkanes of at least 4 members (excludes halogenated alkanes) is 2. The highest BCUT2D eigenvalue weighted by atomic mass is 32.2. The van der Waals surface area contributed by atoms with Crippen molar-refractivity contribution in [2.75, 3.05) is 18.1 Å². The minimum atomic E-state index is -0.282. The Morgan fingerprint density at radius 3 is 2.12 bits per heavy atom. The van der Waals surface area contributed by atoms with Crippen molar-refractivity contribution in [1.82, 2.24) is 9.55 Å². The zero-order valence-corrected chi connectivity index (χ0v) is 27.8. The van der Waals surface area contributed by atoms with E-state index in [-0.39, 0.29) is 29.2 Å². The monoisotopic (exact) mass is 607 g/mol. The van der Waals surface area contributed by atoms with Gasteiger partial charge in [0.15, 0.2) is 0 Å². The lowest BCUT2D eigenvalue weighted by Crippen LogP contribution is -2.37. The minimum absolute atomic E-state index is 0.0895. The molecule has 234 valence electrons. The van der Waals surface area contributed by atoms with E-state index in [4.69, 9.17) is 4.74 Å². The second-order valence-corrected chi connectivity index (χ2v) is 12.0. The number of likely N-dealkylation sites (N-methyl/N-ethyl adjacent to an activating group) is 1. The van der Waals surface area contributed by atoms with Gasteiger partial charge < -0.3 is 9.64 Å². The molecule has 8 heteroatoms. The quantitative estimate of drug-likeness (QED) is 0.137. The average Bonchev–Trinajstić information content (AvgIpc) is 3.00. The third kappa shape index (κ3) is 11.3.